The van der Waals surface area contributed by atoms with Crippen molar-refractivity contribution >= 4 is 11.6 Å². The molecule has 0 aliphatic heterocycles. The van der Waals surface area contributed by atoms with Crippen molar-refractivity contribution < 1.29 is 8.78 Å². The van der Waals surface area contributed by atoms with Crippen molar-refractivity contribution in [3.05, 3.63) is 17.3 Å². The van der Waals surface area contributed by atoms with E-state index in [1.165, 1.54) is 5.73 Å². The number of halogens is 3. The van der Waals surface area contributed by atoms with Gasteiger partial charge >= 0.3 is 6.08 Å². The maximum absolute atomic E-state index is 10.7. The van der Waals surface area contributed by atoms with E-state index in [0.717, 1.165) is 0 Å². The summed E-state index contributed by atoms with van der Waals surface area (Å²) in [5, 5.41) is 0. The summed E-state index contributed by atoms with van der Waals surface area (Å²) in [6, 6.07) is 0. The minimum Gasteiger partial charge on any atom is -0.164 e. The largest absolute Gasteiger partial charge is 0.314 e. The summed E-state index contributed by atoms with van der Waals surface area (Å²) in [6.07, 6.45) is -1.90. The third kappa shape index (κ3) is 3.67. The Hall–Kier alpha value is -0.330. The summed E-state index contributed by atoms with van der Waals surface area (Å²) in [7, 11) is 0. The van der Waals surface area contributed by atoms with Gasteiger partial charge in [-0.1, -0.05) is 11.6 Å². The van der Waals surface area contributed by atoms with Gasteiger partial charge in [-0.15, -0.1) is 0 Å². The van der Waals surface area contributed by atoms with Crippen molar-refractivity contribution in [1.82, 2.24) is 0 Å². The number of hydrogen-bond acceptors (Lipinski definition) is 0. The van der Waals surface area contributed by atoms with Gasteiger partial charge < -0.3 is 0 Å². The minimum absolute atomic E-state index is 0.634. The van der Waals surface area contributed by atoms with E-state index >= 15 is 0 Å². The molecule has 0 saturated carbocycles. The zero-order valence-corrected chi connectivity index (χ0v) is 3.47. The first kappa shape index (κ1) is 5.67. The fraction of sp³-hybridized carbons (Fsp3) is 0. The van der Waals surface area contributed by atoms with Gasteiger partial charge in [-0.3, -0.25) is 0 Å². The summed E-state index contributed by atoms with van der Waals surface area (Å²) in [6.45, 7) is 0. The Bertz CT molecular complexity index is 87.0. The molecule has 0 aromatic heterocycles. The van der Waals surface area contributed by atoms with Crippen LogP contribution in [0.1, 0.15) is 0 Å². The van der Waals surface area contributed by atoms with E-state index in [1.807, 2.05) is 0 Å². The zero-order chi connectivity index (χ0) is 4.99. The Kier molecular flexibility index (Phi) is 2.73. The van der Waals surface area contributed by atoms with Crippen LogP contribution in [0, 0.1) is 0 Å². The predicted molar refractivity (Wildman–Crippen MR) is 19.7 cm³/mol. The Balaban J connectivity index is 3.73. The highest BCUT2D eigenvalue weighted by molar-refractivity contribution is 6.25. The van der Waals surface area contributed by atoms with E-state index in [1.54, 1.807) is 0 Å². The highest BCUT2D eigenvalue weighted by atomic mass is 35.5. The molecule has 0 aliphatic rings. The van der Waals surface area contributed by atoms with E-state index in [9.17, 15) is 8.78 Å². The normalized spacial score (nSPS) is 6.50. The van der Waals surface area contributed by atoms with Crippen LogP contribution in [0.25, 0.3) is 0 Å². The summed E-state index contributed by atoms with van der Waals surface area (Å²) < 4.78 is 21.4. The molecule has 0 heterocycles. The standard InChI is InChI=1S/C3HClF2/c4-2-1-3(5)6/h2H. The van der Waals surface area contributed by atoms with Gasteiger partial charge in [0.2, 0.25) is 0 Å². The van der Waals surface area contributed by atoms with Gasteiger partial charge in [0.25, 0.3) is 0 Å². The van der Waals surface area contributed by atoms with Crippen molar-refractivity contribution in [1.29, 1.82) is 0 Å². The zero-order valence-electron chi connectivity index (χ0n) is 2.71. The maximum Gasteiger partial charge on any atom is 0.314 e. The molecule has 0 rings (SSSR count). The average Bonchev–Trinajstić information content (AvgIpc) is 1.35. The molecule has 0 aromatic rings. The lowest BCUT2D eigenvalue weighted by molar-refractivity contribution is 0.424. The van der Waals surface area contributed by atoms with Gasteiger partial charge in [-0.2, -0.15) is 8.78 Å². The Morgan fingerprint density at radius 1 is 1.67 bits per heavy atom. The van der Waals surface area contributed by atoms with Crippen LogP contribution in [-0.4, -0.2) is 0 Å². The van der Waals surface area contributed by atoms with Crippen molar-refractivity contribution in [2.75, 3.05) is 0 Å². The second-order valence-corrected chi connectivity index (χ2v) is 0.732. The highest BCUT2D eigenvalue weighted by Crippen LogP contribution is 1.91. The number of rotatable bonds is 0. The monoisotopic (exact) mass is 110 g/mol. The average molecular weight is 110 g/mol. The molecule has 0 bridgehead atoms. The Morgan fingerprint density at radius 3 is 2.17 bits per heavy atom. The van der Waals surface area contributed by atoms with Crippen molar-refractivity contribution in [3.63, 3.8) is 0 Å². The van der Waals surface area contributed by atoms with Crippen molar-refractivity contribution in [3.8, 4) is 0 Å². The Labute approximate surface area is 38.7 Å². The Morgan fingerprint density at radius 2 is 2.17 bits per heavy atom. The van der Waals surface area contributed by atoms with Gasteiger partial charge in [0.05, 0.1) is 5.54 Å². The SMILES string of the molecule is FC(F)=C=CCl. The molecule has 0 aromatic carbocycles. The first-order chi connectivity index (χ1) is 2.77. The van der Waals surface area contributed by atoms with Gasteiger partial charge in [-0.05, 0) is 5.73 Å². The van der Waals surface area contributed by atoms with Crippen LogP contribution in [0.15, 0.2) is 17.3 Å². The van der Waals surface area contributed by atoms with Crippen LogP contribution in [0.4, 0.5) is 8.78 Å². The van der Waals surface area contributed by atoms with Crippen molar-refractivity contribution in [2.24, 2.45) is 0 Å². The lowest BCUT2D eigenvalue weighted by Gasteiger charge is -1.58. The van der Waals surface area contributed by atoms with Crippen LogP contribution in [0.5, 0.6) is 0 Å². The molecule has 0 aliphatic carbocycles. The molecular weight excluding hydrogens is 109 g/mol. The molecule has 0 N–H and O–H groups in total. The molecule has 0 amide bonds. The molecule has 6 heavy (non-hydrogen) atoms. The summed E-state index contributed by atoms with van der Waals surface area (Å²) in [5.74, 6) is 0. The first-order valence-electron chi connectivity index (χ1n) is 1.13. The fourth-order valence-electron chi connectivity index (χ4n) is 0.0412. The molecule has 0 nitrogen and oxygen atoms in total. The molecule has 0 unspecified atom stereocenters. The minimum atomic E-state index is -1.90. The topological polar surface area (TPSA) is 0 Å². The molecular formula is C3HClF2. The molecule has 0 fully saturated rings. The molecule has 0 radical (unpaired) electrons. The highest BCUT2D eigenvalue weighted by Gasteiger charge is 1.74. The third-order valence-corrected chi connectivity index (χ3v) is 0.273. The molecule has 0 saturated heterocycles. The summed E-state index contributed by atoms with van der Waals surface area (Å²) >= 11 is 4.66. The van der Waals surface area contributed by atoms with Crippen LogP contribution in [0.2, 0.25) is 0 Å². The number of hydrogen-bond donors (Lipinski definition) is 0. The van der Waals surface area contributed by atoms with E-state index in [0.29, 0.717) is 5.54 Å². The van der Waals surface area contributed by atoms with Crippen LogP contribution in [0.3, 0.4) is 0 Å². The molecule has 3 heteroatoms. The van der Waals surface area contributed by atoms with Crippen LogP contribution < -0.4 is 0 Å². The van der Waals surface area contributed by atoms with Crippen LogP contribution >= 0.6 is 11.6 Å². The van der Waals surface area contributed by atoms with Gasteiger partial charge in [0.1, 0.15) is 0 Å². The van der Waals surface area contributed by atoms with Crippen molar-refractivity contribution in [2.45, 2.75) is 0 Å². The quantitative estimate of drug-likeness (QED) is 0.419. The predicted octanol–water partition coefficient (Wildman–Crippen LogP) is 2.12. The summed E-state index contributed by atoms with van der Waals surface area (Å²) in [5.41, 5.74) is 2.07. The fourth-order valence-corrected chi connectivity index (χ4v) is 0.124. The van der Waals surface area contributed by atoms with E-state index in [-0.39, 0.29) is 0 Å². The van der Waals surface area contributed by atoms with E-state index in [2.05, 4.69) is 11.6 Å². The second-order valence-electron chi connectivity index (χ2n) is 0.514. The van der Waals surface area contributed by atoms with E-state index in [4.69, 9.17) is 0 Å². The summed E-state index contributed by atoms with van der Waals surface area (Å²) in [4.78, 5) is 0. The van der Waals surface area contributed by atoms with Gasteiger partial charge in [0.15, 0.2) is 0 Å². The molecule has 0 spiro atoms. The van der Waals surface area contributed by atoms with Gasteiger partial charge in [0, 0.05) is 0 Å². The lowest BCUT2D eigenvalue weighted by Crippen LogP contribution is -1.40. The third-order valence-electron chi connectivity index (χ3n) is 0.164. The lowest BCUT2D eigenvalue weighted by atomic mass is 10.9. The maximum atomic E-state index is 10.7. The van der Waals surface area contributed by atoms with E-state index < -0.39 is 6.08 Å². The van der Waals surface area contributed by atoms with Crippen LogP contribution in [-0.2, 0) is 0 Å². The molecule has 34 valence electrons. The smallest absolute Gasteiger partial charge is 0.164 e. The second kappa shape index (κ2) is 2.88. The van der Waals surface area contributed by atoms with Gasteiger partial charge in [-0.25, -0.2) is 0 Å². The molecule has 0 atom stereocenters. The first-order valence-corrected chi connectivity index (χ1v) is 1.57.